The summed E-state index contributed by atoms with van der Waals surface area (Å²) >= 11 is 1.79. The molecule has 0 spiro atoms. The summed E-state index contributed by atoms with van der Waals surface area (Å²) in [4.78, 5) is 13.5. The molecule has 0 saturated heterocycles. The van der Waals surface area contributed by atoms with E-state index in [0.717, 1.165) is 0 Å². The summed E-state index contributed by atoms with van der Waals surface area (Å²) < 4.78 is 5.57. The molecule has 0 saturated carbocycles. The molecule has 1 aromatic carbocycles. The topological polar surface area (TPSA) is 58.6 Å². The summed E-state index contributed by atoms with van der Waals surface area (Å²) in [5.74, 6) is -0.364. The van der Waals surface area contributed by atoms with E-state index >= 15 is 0 Å². The van der Waals surface area contributed by atoms with Crippen LogP contribution in [-0.2, 0) is 0 Å². The zero-order valence-electron chi connectivity index (χ0n) is 12.1. The molecule has 112 valence electrons. The maximum absolute atomic E-state index is 10.9. The lowest BCUT2D eigenvalue weighted by Gasteiger charge is -2.13. The monoisotopic (exact) mass is 305 g/mol. The van der Waals surface area contributed by atoms with E-state index in [4.69, 9.17) is 9.84 Å². The molecule has 1 unspecified atom stereocenters. The minimum atomic E-state index is -0.944. The first-order valence-electron chi connectivity index (χ1n) is 6.82. The van der Waals surface area contributed by atoms with Gasteiger partial charge < -0.3 is 15.2 Å². The first-order chi connectivity index (χ1) is 10.1. The highest BCUT2D eigenvalue weighted by molar-refractivity contribution is 7.12. The quantitative estimate of drug-likeness (QED) is 0.769. The Morgan fingerprint density at radius 2 is 2.19 bits per heavy atom. The molecule has 0 amide bonds. The summed E-state index contributed by atoms with van der Waals surface area (Å²) in [6.07, 6.45) is 0. The fourth-order valence-electron chi connectivity index (χ4n) is 1.95. The molecule has 0 bridgehead atoms. The summed E-state index contributed by atoms with van der Waals surface area (Å²) in [7, 11) is 0. The van der Waals surface area contributed by atoms with E-state index < -0.39 is 5.97 Å². The Labute approximate surface area is 128 Å². The molecule has 1 atom stereocenters. The number of aryl methyl sites for hydroxylation is 1. The van der Waals surface area contributed by atoms with Gasteiger partial charge in [-0.1, -0.05) is 6.07 Å². The Hall–Kier alpha value is -1.85. The minimum Gasteiger partial charge on any atom is -0.492 e. The molecule has 1 heterocycles. The smallest absolute Gasteiger partial charge is 0.335 e. The SMILES string of the molecule is Cc1ccc(C(C)NCCOc2cccc(C(=O)O)c2)s1. The Morgan fingerprint density at radius 1 is 1.38 bits per heavy atom. The Balaban J connectivity index is 1.77. The second-order valence-corrected chi connectivity index (χ2v) is 6.13. The number of carboxylic acid groups (broad SMARTS) is 1. The van der Waals surface area contributed by atoms with Crippen molar-refractivity contribution in [2.75, 3.05) is 13.2 Å². The fraction of sp³-hybridized carbons (Fsp3) is 0.312. The third kappa shape index (κ3) is 4.58. The van der Waals surface area contributed by atoms with Crippen molar-refractivity contribution in [2.24, 2.45) is 0 Å². The van der Waals surface area contributed by atoms with E-state index in [0.29, 0.717) is 18.9 Å². The van der Waals surface area contributed by atoms with Crippen LogP contribution in [0.15, 0.2) is 36.4 Å². The van der Waals surface area contributed by atoms with Crippen LogP contribution in [0, 0.1) is 6.92 Å². The van der Waals surface area contributed by atoms with Gasteiger partial charge >= 0.3 is 5.97 Å². The Kier molecular flexibility index (Phi) is 5.36. The maximum Gasteiger partial charge on any atom is 0.335 e. The van der Waals surface area contributed by atoms with Crippen LogP contribution in [0.4, 0.5) is 0 Å². The molecule has 4 nitrogen and oxygen atoms in total. The molecule has 0 fully saturated rings. The standard InChI is InChI=1S/C16H19NO3S/c1-11-6-7-15(21-11)12(2)17-8-9-20-14-5-3-4-13(10-14)16(18)19/h3-7,10,12,17H,8-9H2,1-2H3,(H,18,19). The van der Waals surface area contributed by atoms with Crippen molar-refractivity contribution in [3.05, 3.63) is 51.7 Å². The lowest BCUT2D eigenvalue weighted by Crippen LogP contribution is -2.23. The van der Waals surface area contributed by atoms with Gasteiger partial charge in [0.25, 0.3) is 0 Å². The lowest BCUT2D eigenvalue weighted by molar-refractivity contribution is 0.0696. The van der Waals surface area contributed by atoms with Gasteiger partial charge in [-0.15, -0.1) is 11.3 Å². The molecule has 5 heteroatoms. The van der Waals surface area contributed by atoms with Crippen molar-refractivity contribution < 1.29 is 14.6 Å². The zero-order chi connectivity index (χ0) is 15.2. The van der Waals surface area contributed by atoms with Crippen LogP contribution >= 0.6 is 11.3 Å². The first-order valence-corrected chi connectivity index (χ1v) is 7.64. The molecule has 21 heavy (non-hydrogen) atoms. The van der Waals surface area contributed by atoms with Crippen molar-refractivity contribution in [1.29, 1.82) is 0 Å². The van der Waals surface area contributed by atoms with E-state index in [9.17, 15) is 4.79 Å². The van der Waals surface area contributed by atoms with Crippen LogP contribution in [0.5, 0.6) is 5.75 Å². The zero-order valence-corrected chi connectivity index (χ0v) is 12.9. The number of hydrogen-bond acceptors (Lipinski definition) is 4. The molecular weight excluding hydrogens is 286 g/mol. The molecule has 1 aromatic heterocycles. The fourth-order valence-corrected chi connectivity index (χ4v) is 2.85. The molecule has 2 aromatic rings. The van der Waals surface area contributed by atoms with E-state index in [1.54, 1.807) is 29.5 Å². The van der Waals surface area contributed by atoms with Crippen LogP contribution in [-0.4, -0.2) is 24.2 Å². The second kappa shape index (κ2) is 7.24. The van der Waals surface area contributed by atoms with Crippen molar-refractivity contribution in [2.45, 2.75) is 19.9 Å². The van der Waals surface area contributed by atoms with E-state index in [1.807, 2.05) is 0 Å². The Morgan fingerprint density at radius 3 is 2.86 bits per heavy atom. The van der Waals surface area contributed by atoms with Gasteiger partial charge in [0.2, 0.25) is 0 Å². The van der Waals surface area contributed by atoms with Crippen molar-refractivity contribution in [3.8, 4) is 5.75 Å². The molecule has 2 rings (SSSR count). The van der Waals surface area contributed by atoms with Crippen molar-refractivity contribution in [3.63, 3.8) is 0 Å². The number of hydrogen-bond donors (Lipinski definition) is 2. The number of nitrogens with one attached hydrogen (secondary N) is 1. The predicted molar refractivity (Wildman–Crippen MR) is 84.4 cm³/mol. The predicted octanol–water partition coefficient (Wildman–Crippen LogP) is 3.48. The third-order valence-corrected chi connectivity index (χ3v) is 4.27. The molecule has 2 N–H and O–H groups in total. The normalized spacial score (nSPS) is 12.1. The number of benzene rings is 1. The van der Waals surface area contributed by atoms with Crippen molar-refractivity contribution >= 4 is 17.3 Å². The largest absolute Gasteiger partial charge is 0.492 e. The van der Waals surface area contributed by atoms with Gasteiger partial charge in [-0.05, 0) is 44.2 Å². The summed E-state index contributed by atoms with van der Waals surface area (Å²) in [5.41, 5.74) is 0.239. The second-order valence-electron chi connectivity index (χ2n) is 4.81. The minimum absolute atomic E-state index is 0.239. The van der Waals surface area contributed by atoms with Gasteiger partial charge in [-0.3, -0.25) is 0 Å². The van der Waals surface area contributed by atoms with Crippen LogP contribution in [0.3, 0.4) is 0 Å². The van der Waals surface area contributed by atoms with Gasteiger partial charge in [0, 0.05) is 22.3 Å². The summed E-state index contributed by atoms with van der Waals surface area (Å²) in [6, 6.07) is 11.1. The molecule has 0 aliphatic carbocycles. The highest BCUT2D eigenvalue weighted by Gasteiger charge is 2.07. The van der Waals surface area contributed by atoms with Gasteiger partial charge in [-0.2, -0.15) is 0 Å². The van der Waals surface area contributed by atoms with E-state index in [2.05, 4.69) is 31.3 Å². The van der Waals surface area contributed by atoms with Gasteiger partial charge in [0.15, 0.2) is 0 Å². The highest BCUT2D eigenvalue weighted by Crippen LogP contribution is 2.22. The van der Waals surface area contributed by atoms with E-state index in [1.165, 1.54) is 15.8 Å². The van der Waals surface area contributed by atoms with Crippen LogP contribution in [0.1, 0.15) is 33.1 Å². The number of ether oxygens (including phenoxy) is 1. The first kappa shape index (κ1) is 15.5. The van der Waals surface area contributed by atoms with E-state index in [-0.39, 0.29) is 11.6 Å². The van der Waals surface area contributed by atoms with Gasteiger partial charge in [-0.25, -0.2) is 4.79 Å². The van der Waals surface area contributed by atoms with Crippen LogP contribution in [0.2, 0.25) is 0 Å². The maximum atomic E-state index is 10.9. The number of carbonyl (C=O) groups is 1. The molecular formula is C16H19NO3S. The number of carboxylic acids is 1. The third-order valence-electron chi connectivity index (χ3n) is 3.09. The van der Waals surface area contributed by atoms with Gasteiger partial charge in [0.1, 0.15) is 12.4 Å². The lowest BCUT2D eigenvalue weighted by atomic mass is 10.2. The molecule has 0 aliphatic heterocycles. The van der Waals surface area contributed by atoms with Crippen molar-refractivity contribution in [1.82, 2.24) is 5.32 Å². The summed E-state index contributed by atoms with van der Waals surface area (Å²) in [6.45, 7) is 5.42. The molecule has 0 radical (unpaired) electrons. The van der Waals surface area contributed by atoms with Gasteiger partial charge in [0.05, 0.1) is 5.56 Å². The number of rotatable bonds is 7. The van der Waals surface area contributed by atoms with Crippen LogP contribution in [0.25, 0.3) is 0 Å². The average Bonchev–Trinajstić information content (AvgIpc) is 2.90. The average molecular weight is 305 g/mol. The number of thiophene rings is 1. The molecule has 0 aliphatic rings. The summed E-state index contributed by atoms with van der Waals surface area (Å²) in [5, 5.41) is 12.3. The van der Waals surface area contributed by atoms with Crippen LogP contribution < -0.4 is 10.1 Å². The number of aromatic carboxylic acids is 1. The Bertz CT molecular complexity index is 609. The highest BCUT2D eigenvalue weighted by atomic mass is 32.1.